The van der Waals surface area contributed by atoms with Gasteiger partial charge in [-0.05, 0) is 0 Å². The fourth-order valence-electron chi connectivity index (χ4n) is 0. The van der Waals surface area contributed by atoms with Crippen molar-refractivity contribution < 1.29 is 52.4 Å². The standard InChI is InChI=1S/6C3H7O.Sr.Ti/c6*1-3(2)4;;/h6*3H,1-2H3;;/q6*-1;+2;+4. The monoisotopic (exact) mass is 490 g/mol. The van der Waals surface area contributed by atoms with Crippen LogP contribution in [0.2, 0.25) is 0 Å². The van der Waals surface area contributed by atoms with E-state index in [9.17, 15) is 30.6 Å². The van der Waals surface area contributed by atoms with Crippen LogP contribution in [-0.2, 0) is 21.7 Å². The molecular formula is C18H42O6SrTi. The second kappa shape index (κ2) is 45.6. The fraction of sp³-hybridized carbons (Fsp3) is 1.00. The maximum atomic E-state index is 9.53. The first kappa shape index (κ1) is 51.0. The van der Waals surface area contributed by atoms with E-state index in [-0.39, 0.29) is 67.2 Å². The van der Waals surface area contributed by atoms with Gasteiger partial charge in [0.25, 0.3) is 0 Å². The SMILES string of the molecule is CC(C)[O-].CC(C)[O-].CC(C)[O-].CC(C)[O-].CC(C)[O-].CC(C)[O-].[Sr+2].[Ti+4]. The van der Waals surface area contributed by atoms with Crippen molar-refractivity contribution in [3.05, 3.63) is 0 Å². The molecule has 0 fully saturated rings. The minimum Gasteiger partial charge on any atom is -0.852 e. The summed E-state index contributed by atoms with van der Waals surface area (Å²) in [5.74, 6) is 0. The van der Waals surface area contributed by atoms with Gasteiger partial charge in [-0.1, -0.05) is 83.1 Å². The van der Waals surface area contributed by atoms with E-state index >= 15 is 0 Å². The van der Waals surface area contributed by atoms with Crippen molar-refractivity contribution in [3.8, 4) is 0 Å². The molecule has 0 aliphatic carbocycles. The Morgan fingerprint density at radius 3 is 0.308 bits per heavy atom. The van der Waals surface area contributed by atoms with Crippen LogP contribution in [-0.4, -0.2) is 82.1 Å². The van der Waals surface area contributed by atoms with Gasteiger partial charge >= 0.3 is 67.2 Å². The molecule has 26 heavy (non-hydrogen) atoms. The number of hydrogen-bond acceptors (Lipinski definition) is 6. The average molecular weight is 490 g/mol. The van der Waals surface area contributed by atoms with Crippen molar-refractivity contribution >= 4 is 45.5 Å². The van der Waals surface area contributed by atoms with E-state index in [1.165, 1.54) is 0 Å². The van der Waals surface area contributed by atoms with Gasteiger partial charge in [-0.25, -0.2) is 0 Å². The van der Waals surface area contributed by atoms with Crippen molar-refractivity contribution in [2.45, 2.75) is 120 Å². The summed E-state index contributed by atoms with van der Waals surface area (Å²) in [5, 5.41) is 57.2. The molecule has 0 spiro atoms. The van der Waals surface area contributed by atoms with E-state index in [0.29, 0.717) is 0 Å². The predicted octanol–water partition coefficient (Wildman–Crippen LogP) is -1.85. The Morgan fingerprint density at radius 1 is 0.308 bits per heavy atom. The summed E-state index contributed by atoms with van der Waals surface area (Å²) in [5.41, 5.74) is 0. The summed E-state index contributed by atoms with van der Waals surface area (Å²) in [6.45, 7) is 19.3. The Balaban J connectivity index is -0.0000000245. The largest absolute Gasteiger partial charge is 4.00 e. The molecule has 0 saturated carbocycles. The summed E-state index contributed by atoms with van der Waals surface area (Å²) in [4.78, 5) is 0. The third-order valence-corrected chi connectivity index (χ3v) is 0. The van der Waals surface area contributed by atoms with Crippen LogP contribution in [0.4, 0.5) is 0 Å². The van der Waals surface area contributed by atoms with Crippen LogP contribution < -0.4 is 30.6 Å². The van der Waals surface area contributed by atoms with Crippen molar-refractivity contribution in [1.82, 2.24) is 0 Å². The molecule has 6 nitrogen and oxygen atoms in total. The van der Waals surface area contributed by atoms with Gasteiger partial charge in [-0.15, -0.1) is 36.6 Å². The third kappa shape index (κ3) is 4230. The van der Waals surface area contributed by atoms with Crippen molar-refractivity contribution in [1.29, 1.82) is 0 Å². The van der Waals surface area contributed by atoms with Gasteiger partial charge in [-0.2, -0.15) is 0 Å². The zero-order valence-electron chi connectivity index (χ0n) is 19.1. The van der Waals surface area contributed by atoms with Gasteiger partial charge in [0.2, 0.25) is 0 Å². The molecule has 0 aliphatic heterocycles. The van der Waals surface area contributed by atoms with Crippen LogP contribution in [0.3, 0.4) is 0 Å². The molecule has 0 aromatic rings. The van der Waals surface area contributed by atoms with E-state index in [1.807, 2.05) is 0 Å². The summed E-state index contributed by atoms with van der Waals surface area (Å²) in [6, 6.07) is 0. The Bertz CT molecular complexity index is 107. The van der Waals surface area contributed by atoms with E-state index in [4.69, 9.17) is 0 Å². The number of hydrogen-bond donors (Lipinski definition) is 0. The molecule has 0 aliphatic rings. The smallest absolute Gasteiger partial charge is 0.852 e. The van der Waals surface area contributed by atoms with E-state index in [1.54, 1.807) is 83.1 Å². The summed E-state index contributed by atoms with van der Waals surface area (Å²) in [7, 11) is 0. The molecular weight excluding hydrogens is 448 g/mol. The molecule has 0 aromatic heterocycles. The van der Waals surface area contributed by atoms with E-state index < -0.39 is 36.6 Å². The van der Waals surface area contributed by atoms with Crippen molar-refractivity contribution in [2.75, 3.05) is 0 Å². The Labute approximate surface area is 215 Å². The molecule has 0 amide bonds. The minimum absolute atomic E-state index is 0. The average Bonchev–Trinajstić information content (AvgIpc) is 2.08. The van der Waals surface area contributed by atoms with Crippen LogP contribution in [0.1, 0.15) is 83.1 Å². The Morgan fingerprint density at radius 2 is 0.308 bits per heavy atom. The zero-order chi connectivity index (χ0) is 21.5. The second-order valence-corrected chi connectivity index (χ2v) is 6.29. The van der Waals surface area contributed by atoms with Crippen LogP contribution in [0.5, 0.6) is 0 Å². The van der Waals surface area contributed by atoms with Gasteiger partial charge in [0.05, 0.1) is 0 Å². The molecule has 8 heteroatoms. The molecule has 0 N–H and O–H groups in total. The van der Waals surface area contributed by atoms with E-state index in [0.717, 1.165) is 0 Å². The molecule has 0 unspecified atom stereocenters. The van der Waals surface area contributed by atoms with Crippen molar-refractivity contribution in [3.63, 3.8) is 0 Å². The van der Waals surface area contributed by atoms with Crippen LogP contribution in [0.15, 0.2) is 0 Å². The topological polar surface area (TPSA) is 138 Å². The summed E-state index contributed by atoms with van der Waals surface area (Å²) >= 11 is 0. The molecule has 0 heterocycles. The van der Waals surface area contributed by atoms with E-state index in [2.05, 4.69) is 0 Å². The van der Waals surface area contributed by atoms with Gasteiger partial charge in [-0.3, -0.25) is 0 Å². The molecule has 0 saturated heterocycles. The molecule has 0 radical (unpaired) electrons. The van der Waals surface area contributed by atoms with Crippen LogP contribution in [0.25, 0.3) is 0 Å². The summed E-state index contributed by atoms with van der Waals surface area (Å²) in [6.07, 6.45) is -2.50. The molecule has 156 valence electrons. The molecule has 0 aromatic carbocycles. The number of rotatable bonds is 0. The van der Waals surface area contributed by atoms with Gasteiger partial charge < -0.3 is 30.6 Å². The maximum Gasteiger partial charge on any atom is 4.00 e. The van der Waals surface area contributed by atoms with Crippen molar-refractivity contribution in [2.24, 2.45) is 0 Å². The first-order valence-corrected chi connectivity index (χ1v) is 8.34. The molecule has 0 atom stereocenters. The first-order valence-electron chi connectivity index (χ1n) is 8.34. The van der Waals surface area contributed by atoms with Gasteiger partial charge in [0.15, 0.2) is 0 Å². The second-order valence-electron chi connectivity index (χ2n) is 6.29. The summed E-state index contributed by atoms with van der Waals surface area (Å²) < 4.78 is 0. The molecule has 0 bridgehead atoms. The predicted molar refractivity (Wildman–Crippen MR) is 96.6 cm³/mol. The maximum absolute atomic E-state index is 9.53. The van der Waals surface area contributed by atoms with Gasteiger partial charge in [0.1, 0.15) is 0 Å². The normalized spacial score (nSPS) is 8.31. The van der Waals surface area contributed by atoms with Crippen LogP contribution in [0, 0.1) is 0 Å². The zero-order valence-corrected chi connectivity index (χ0v) is 24.2. The minimum atomic E-state index is -0.417. The third-order valence-electron chi connectivity index (χ3n) is 0. The molecule has 0 rings (SSSR count). The quantitative estimate of drug-likeness (QED) is 0.366. The fourth-order valence-corrected chi connectivity index (χ4v) is 0. The van der Waals surface area contributed by atoms with Crippen LogP contribution >= 0.6 is 0 Å². The Hall–Kier alpha value is 1.95. The Kier molecular flexibility index (Phi) is 89.5. The first-order chi connectivity index (χ1) is 10.4. The van der Waals surface area contributed by atoms with Gasteiger partial charge in [0, 0.05) is 0 Å².